The summed E-state index contributed by atoms with van der Waals surface area (Å²) in [5.74, 6) is 1.24. The average Bonchev–Trinajstić information content (AvgIpc) is 2.58. The maximum atomic E-state index is 13.2. The van der Waals surface area contributed by atoms with Crippen LogP contribution in [0.15, 0.2) is 54.9 Å². The third-order valence-electron chi connectivity index (χ3n) is 3.89. The number of aryl methyl sites for hydroxylation is 2. The van der Waals surface area contributed by atoms with E-state index in [1.807, 2.05) is 30.5 Å². The Morgan fingerprint density at radius 2 is 1.67 bits per heavy atom. The Morgan fingerprint density at radius 3 is 2.33 bits per heavy atom. The minimum Gasteiger partial charge on any atom is -1.00 e. The fourth-order valence-corrected chi connectivity index (χ4v) is 2.65. The highest BCUT2D eigenvalue weighted by Crippen LogP contribution is 2.31. The Balaban J connectivity index is 0.00000208. The summed E-state index contributed by atoms with van der Waals surface area (Å²) in [6.07, 6.45) is 4.87. The molecule has 126 valence electrons. The van der Waals surface area contributed by atoms with Crippen molar-refractivity contribution in [2.24, 2.45) is 0 Å². The average molecular weight is 348 g/mol. The van der Waals surface area contributed by atoms with Crippen molar-refractivity contribution in [3.8, 4) is 11.5 Å². The number of rotatable bonds is 5. The number of halogens is 2. The number of hydrogen-bond acceptors (Lipinski definition) is 2. The van der Waals surface area contributed by atoms with Gasteiger partial charge in [-0.1, -0.05) is 12.1 Å². The molecule has 0 unspecified atom stereocenters. The number of nitrogens with zero attached hydrogens (tertiary/aromatic N) is 1. The van der Waals surface area contributed by atoms with Crippen molar-refractivity contribution < 1.29 is 30.8 Å². The van der Waals surface area contributed by atoms with Crippen molar-refractivity contribution in [2.45, 2.75) is 13.0 Å². The minimum atomic E-state index is -0.192. The highest BCUT2D eigenvalue weighted by atomic mass is 35.5. The Hall–Kier alpha value is -2.33. The van der Waals surface area contributed by atoms with Gasteiger partial charge in [-0.15, -0.1) is 0 Å². The first-order valence-electron chi connectivity index (χ1n) is 7.49. The summed E-state index contributed by atoms with van der Waals surface area (Å²) in [5, 5.41) is 2.16. The predicted molar refractivity (Wildman–Crippen MR) is 87.4 cm³/mol. The number of hydrogen-bond donors (Lipinski definition) is 0. The van der Waals surface area contributed by atoms with Crippen LogP contribution in [0.5, 0.6) is 11.5 Å². The lowest BCUT2D eigenvalue weighted by molar-refractivity contribution is -0.695. The fourth-order valence-electron chi connectivity index (χ4n) is 2.65. The third kappa shape index (κ3) is 3.95. The summed E-state index contributed by atoms with van der Waals surface area (Å²) in [6, 6.07) is 12.7. The van der Waals surface area contributed by atoms with Gasteiger partial charge in [0.05, 0.1) is 14.2 Å². The first-order valence-corrected chi connectivity index (χ1v) is 7.49. The maximum absolute atomic E-state index is 13.2. The fraction of sp³-hybridized carbons (Fsp3) is 0.211. The second-order valence-electron chi connectivity index (χ2n) is 5.40. The Morgan fingerprint density at radius 1 is 0.958 bits per heavy atom. The van der Waals surface area contributed by atoms with Crippen LogP contribution in [0.3, 0.4) is 0 Å². The molecule has 0 aliphatic heterocycles. The van der Waals surface area contributed by atoms with Crippen molar-refractivity contribution in [3.05, 3.63) is 66.2 Å². The van der Waals surface area contributed by atoms with Crippen LogP contribution >= 0.6 is 0 Å². The zero-order valence-corrected chi connectivity index (χ0v) is 14.4. The summed E-state index contributed by atoms with van der Waals surface area (Å²) >= 11 is 0. The molecule has 5 heteroatoms. The summed E-state index contributed by atoms with van der Waals surface area (Å²) in [6.45, 7) is 0.785. The smallest absolute Gasteiger partial charge is 0.176 e. The zero-order chi connectivity index (χ0) is 16.2. The van der Waals surface area contributed by atoms with Gasteiger partial charge in [-0.2, -0.15) is 0 Å². The first kappa shape index (κ1) is 18.0. The molecule has 0 spiro atoms. The second-order valence-corrected chi connectivity index (χ2v) is 5.40. The molecule has 0 amide bonds. The van der Waals surface area contributed by atoms with E-state index in [2.05, 4.69) is 10.8 Å². The van der Waals surface area contributed by atoms with Gasteiger partial charge in [0.1, 0.15) is 5.82 Å². The van der Waals surface area contributed by atoms with E-state index >= 15 is 0 Å². The van der Waals surface area contributed by atoms with Crippen LogP contribution in [0.4, 0.5) is 4.39 Å². The van der Waals surface area contributed by atoms with Gasteiger partial charge in [0.25, 0.3) is 0 Å². The molecule has 1 aromatic heterocycles. The molecule has 1 heterocycles. The quantitative estimate of drug-likeness (QED) is 0.628. The van der Waals surface area contributed by atoms with Gasteiger partial charge in [-0.3, -0.25) is 0 Å². The monoisotopic (exact) mass is 347 g/mol. The molecule has 0 aliphatic rings. The van der Waals surface area contributed by atoms with Crippen molar-refractivity contribution in [2.75, 3.05) is 14.2 Å². The molecule has 0 radical (unpaired) electrons. The van der Waals surface area contributed by atoms with E-state index < -0.39 is 0 Å². The number of benzene rings is 2. The summed E-state index contributed by atoms with van der Waals surface area (Å²) < 4.78 is 26.0. The largest absolute Gasteiger partial charge is 1.00 e. The van der Waals surface area contributed by atoms with E-state index in [1.165, 1.54) is 6.07 Å². The lowest BCUT2D eigenvalue weighted by atomic mass is 10.1. The molecule has 3 rings (SSSR count). The molecule has 0 aliphatic carbocycles. The molecule has 2 aromatic carbocycles. The first-order chi connectivity index (χ1) is 11.2. The molecular weight excluding hydrogens is 329 g/mol. The topological polar surface area (TPSA) is 22.3 Å². The van der Waals surface area contributed by atoms with Crippen LogP contribution in [0.2, 0.25) is 0 Å². The third-order valence-corrected chi connectivity index (χ3v) is 3.89. The molecule has 0 N–H and O–H groups in total. The number of pyridine rings is 1. The lowest BCUT2D eigenvalue weighted by Crippen LogP contribution is -3.00. The highest BCUT2D eigenvalue weighted by Gasteiger charge is 2.10. The van der Waals surface area contributed by atoms with Crippen LogP contribution < -0.4 is 26.4 Å². The molecule has 0 atom stereocenters. The molecule has 3 nitrogen and oxygen atoms in total. The van der Waals surface area contributed by atoms with Crippen molar-refractivity contribution in [1.29, 1.82) is 0 Å². The van der Waals surface area contributed by atoms with Crippen LogP contribution in [-0.4, -0.2) is 14.2 Å². The van der Waals surface area contributed by atoms with Crippen molar-refractivity contribution in [3.63, 3.8) is 0 Å². The van der Waals surface area contributed by atoms with E-state index in [4.69, 9.17) is 9.47 Å². The predicted octanol–water partition coefficient (Wildman–Crippen LogP) is 0.530. The molecule has 0 fully saturated rings. The van der Waals surface area contributed by atoms with Gasteiger partial charge in [-0.25, -0.2) is 8.96 Å². The summed E-state index contributed by atoms with van der Waals surface area (Å²) in [5.41, 5.74) is 0.991. The zero-order valence-electron chi connectivity index (χ0n) is 13.6. The van der Waals surface area contributed by atoms with Gasteiger partial charge >= 0.3 is 0 Å². The second kappa shape index (κ2) is 7.97. The Labute approximate surface area is 147 Å². The molecule has 0 saturated heterocycles. The van der Waals surface area contributed by atoms with Gasteiger partial charge in [0.2, 0.25) is 0 Å². The van der Waals surface area contributed by atoms with Gasteiger partial charge in [0.15, 0.2) is 30.4 Å². The number of fused-ring (bicyclic) bond motifs is 1. The molecule has 24 heavy (non-hydrogen) atoms. The van der Waals surface area contributed by atoms with Gasteiger partial charge in [-0.05, 0) is 35.2 Å². The SMILES string of the molecule is COc1cc2cc[n+](CCc3cccc(F)c3)cc2cc1OC.[Cl-]. The number of methoxy groups -OCH3 is 2. The Bertz CT molecular complexity index is 839. The number of aromatic nitrogens is 1. The Kier molecular flexibility index (Phi) is 5.99. The standard InChI is InChI=1S/C19H19FNO2.ClH/c1-22-18-11-15-7-9-21(13-16(15)12-19(18)23-2)8-6-14-4-3-5-17(20)10-14;/h3-5,7,9-13H,6,8H2,1-2H3;1H/q+1;/p-1. The van der Waals surface area contributed by atoms with Crippen molar-refractivity contribution >= 4 is 10.8 Å². The molecular formula is C19H19ClFNO2. The number of ether oxygens (including phenoxy) is 2. The van der Waals surface area contributed by atoms with Crippen LogP contribution in [-0.2, 0) is 13.0 Å². The molecule has 0 saturated carbocycles. The maximum Gasteiger partial charge on any atom is 0.176 e. The lowest BCUT2D eigenvalue weighted by Gasteiger charge is -2.08. The van der Waals surface area contributed by atoms with E-state index in [0.717, 1.165) is 35.1 Å². The van der Waals surface area contributed by atoms with Gasteiger partial charge in [0, 0.05) is 17.9 Å². The molecule has 3 aromatic rings. The van der Waals surface area contributed by atoms with Crippen LogP contribution in [0, 0.1) is 5.82 Å². The van der Waals surface area contributed by atoms with Crippen molar-refractivity contribution in [1.82, 2.24) is 0 Å². The molecule has 0 bridgehead atoms. The minimum absolute atomic E-state index is 0. The highest BCUT2D eigenvalue weighted by molar-refractivity contribution is 5.84. The van der Waals surface area contributed by atoms with Gasteiger partial charge < -0.3 is 21.9 Å². The van der Waals surface area contributed by atoms with E-state index in [1.54, 1.807) is 26.4 Å². The van der Waals surface area contributed by atoms with E-state index in [9.17, 15) is 4.39 Å². The normalized spacial score (nSPS) is 10.3. The van der Waals surface area contributed by atoms with E-state index in [0.29, 0.717) is 5.75 Å². The van der Waals surface area contributed by atoms with E-state index in [-0.39, 0.29) is 18.2 Å². The summed E-state index contributed by atoms with van der Waals surface area (Å²) in [4.78, 5) is 0. The van der Waals surface area contributed by atoms with Crippen LogP contribution in [0.25, 0.3) is 10.8 Å². The summed E-state index contributed by atoms with van der Waals surface area (Å²) in [7, 11) is 3.26. The van der Waals surface area contributed by atoms with Crippen LogP contribution in [0.1, 0.15) is 5.56 Å².